The summed E-state index contributed by atoms with van der Waals surface area (Å²) in [7, 11) is 1.72. The van der Waals surface area contributed by atoms with Crippen LogP contribution in [0.3, 0.4) is 0 Å². The predicted octanol–water partition coefficient (Wildman–Crippen LogP) is 5.92. The lowest BCUT2D eigenvalue weighted by Crippen LogP contribution is -2.43. The van der Waals surface area contributed by atoms with Gasteiger partial charge < -0.3 is 19.9 Å². The molecule has 2 aliphatic rings. The third-order valence-electron chi connectivity index (χ3n) is 8.34. The first-order valence-electron chi connectivity index (χ1n) is 13.7. The van der Waals surface area contributed by atoms with Crippen LogP contribution in [0.25, 0.3) is 32.8 Å². The highest BCUT2D eigenvalue weighted by Gasteiger charge is 2.45. The Morgan fingerprint density at radius 3 is 2.63 bits per heavy atom. The minimum absolute atomic E-state index is 0.127. The Kier molecular flexibility index (Phi) is 6.80. The Labute approximate surface area is 223 Å². The van der Waals surface area contributed by atoms with Crippen LogP contribution >= 0.6 is 0 Å². The van der Waals surface area contributed by atoms with Crippen LogP contribution in [0.2, 0.25) is 0 Å². The van der Waals surface area contributed by atoms with Crippen LogP contribution in [0.1, 0.15) is 37.7 Å². The maximum atomic E-state index is 10.5. The summed E-state index contributed by atoms with van der Waals surface area (Å²) in [4.78, 5) is 12.4. The molecule has 0 aliphatic carbocycles. The highest BCUT2D eigenvalue weighted by Crippen LogP contribution is 2.40. The van der Waals surface area contributed by atoms with Gasteiger partial charge in [0.05, 0.1) is 11.1 Å². The van der Waals surface area contributed by atoms with Crippen LogP contribution in [0, 0.1) is 6.92 Å². The van der Waals surface area contributed by atoms with Crippen molar-refractivity contribution >= 4 is 27.5 Å². The zero-order valence-electron chi connectivity index (χ0n) is 22.3. The Hall–Kier alpha value is -3.42. The SMILES string of the molecule is COCCCNc1nc(OCC23CCCN2CCC3)nc2c(C)c(-c3cc(O)cc4ccccc34)ccc12. The van der Waals surface area contributed by atoms with Gasteiger partial charge in [0.1, 0.15) is 18.2 Å². The van der Waals surface area contributed by atoms with E-state index in [0.29, 0.717) is 19.2 Å². The van der Waals surface area contributed by atoms with E-state index in [1.54, 1.807) is 13.2 Å². The van der Waals surface area contributed by atoms with Crippen LogP contribution in [0.5, 0.6) is 11.8 Å². The van der Waals surface area contributed by atoms with Crippen molar-refractivity contribution in [3.05, 3.63) is 54.1 Å². The summed E-state index contributed by atoms with van der Waals surface area (Å²) in [6.07, 6.45) is 5.69. The molecule has 0 unspecified atom stereocenters. The first kappa shape index (κ1) is 24.9. The molecule has 3 aromatic carbocycles. The highest BCUT2D eigenvalue weighted by atomic mass is 16.5. The maximum Gasteiger partial charge on any atom is 0.319 e. The van der Waals surface area contributed by atoms with Gasteiger partial charge in [-0.25, -0.2) is 0 Å². The summed E-state index contributed by atoms with van der Waals surface area (Å²) in [5.74, 6) is 1.03. The third kappa shape index (κ3) is 4.54. The van der Waals surface area contributed by atoms with Gasteiger partial charge in [-0.1, -0.05) is 30.3 Å². The molecule has 0 bridgehead atoms. The minimum Gasteiger partial charge on any atom is -0.508 e. The Morgan fingerprint density at radius 1 is 1.00 bits per heavy atom. The highest BCUT2D eigenvalue weighted by molar-refractivity contribution is 6.02. The lowest BCUT2D eigenvalue weighted by atomic mass is 9.93. The van der Waals surface area contributed by atoms with Gasteiger partial charge in [0.25, 0.3) is 0 Å². The molecule has 2 fully saturated rings. The number of anilines is 1. The fraction of sp³-hybridized carbons (Fsp3) is 0.419. The van der Waals surface area contributed by atoms with Crippen LogP contribution in [0.15, 0.2) is 48.5 Å². The number of hydrogen-bond acceptors (Lipinski definition) is 7. The fourth-order valence-corrected chi connectivity index (χ4v) is 6.40. The molecule has 1 aromatic heterocycles. The monoisotopic (exact) mass is 512 g/mol. The van der Waals surface area contributed by atoms with E-state index >= 15 is 0 Å². The predicted molar refractivity (Wildman–Crippen MR) is 152 cm³/mol. The number of aryl methyl sites for hydroxylation is 1. The van der Waals surface area contributed by atoms with Gasteiger partial charge in [-0.05, 0) is 97.8 Å². The van der Waals surface area contributed by atoms with E-state index in [1.165, 1.54) is 25.7 Å². The largest absolute Gasteiger partial charge is 0.508 e. The Bertz CT molecular complexity index is 1460. The van der Waals surface area contributed by atoms with E-state index in [2.05, 4.69) is 35.3 Å². The molecule has 4 aromatic rings. The zero-order chi connectivity index (χ0) is 26.1. The molecule has 38 heavy (non-hydrogen) atoms. The van der Waals surface area contributed by atoms with Crippen LogP contribution < -0.4 is 10.1 Å². The number of ether oxygens (including phenoxy) is 2. The smallest absolute Gasteiger partial charge is 0.319 e. The quantitative estimate of drug-likeness (QED) is 0.270. The number of methoxy groups -OCH3 is 1. The molecule has 7 heteroatoms. The average molecular weight is 513 g/mol. The second kappa shape index (κ2) is 10.4. The molecule has 0 saturated carbocycles. The van der Waals surface area contributed by atoms with E-state index < -0.39 is 0 Å². The molecule has 3 heterocycles. The van der Waals surface area contributed by atoms with E-state index in [1.807, 2.05) is 24.3 Å². The molecule has 2 N–H and O–H groups in total. The van der Waals surface area contributed by atoms with E-state index in [-0.39, 0.29) is 11.3 Å². The fourth-order valence-electron chi connectivity index (χ4n) is 6.40. The molecule has 2 aliphatic heterocycles. The molecule has 0 spiro atoms. The van der Waals surface area contributed by atoms with Gasteiger partial charge in [0.15, 0.2) is 0 Å². The number of nitrogens with one attached hydrogen (secondary N) is 1. The zero-order valence-corrected chi connectivity index (χ0v) is 22.3. The number of aromatic hydroxyl groups is 1. The summed E-state index contributed by atoms with van der Waals surface area (Å²) >= 11 is 0. The molecule has 0 atom stereocenters. The summed E-state index contributed by atoms with van der Waals surface area (Å²) < 4.78 is 11.6. The molecule has 6 rings (SSSR count). The number of phenols is 1. The van der Waals surface area contributed by atoms with Gasteiger partial charge in [-0.3, -0.25) is 4.90 Å². The van der Waals surface area contributed by atoms with Crippen LogP contribution in [-0.4, -0.2) is 65.5 Å². The van der Waals surface area contributed by atoms with E-state index in [4.69, 9.17) is 19.4 Å². The number of phenolic OH excluding ortho intramolecular Hbond substituents is 1. The van der Waals surface area contributed by atoms with Crippen molar-refractivity contribution in [2.45, 2.75) is 44.6 Å². The van der Waals surface area contributed by atoms with Crippen molar-refractivity contribution in [2.24, 2.45) is 0 Å². The molecular formula is C31H36N4O3. The van der Waals surface area contributed by atoms with Crippen molar-refractivity contribution < 1.29 is 14.6 Å². The second-order valence-corrected chi connectivity index (χ2v) is 10.7. The van der Waals surface area contributed by atoms with Gasteiger partial charge >= 0.3 is 6.01 Å². The lowest BCUT2D eigenvalue weighted by Gasteiger charge is -2.31. The number of aromatic nitrogens is 2. The summed E-state index contributed by atoms with van der Waals surface area (Å²) in [5.41, 5.74) is 4.05. The average Bonchev–Trinajstić information content (AvgIpc) is 3.51. The summed E-state index contributed by atoms with van der Waals surface area (Å²) in [6.45, 7) is 6.47. The van der Waals surface area contributed by atoms with Crippen LogP contribution in [-0.2, 0) is 4.74 Å². The molecule has 2 saturated heterocycles. The summed E-state index contributed by atoms with van der Waals surface area (Å²) in [6, 6.07) is 16.4. The first-order chi connectivity index (χ1) is 18.6. The first-order valence-corrected chi connectivity index (χ1v) is 13.7. The standard InChI is InChI=1S/C31H36N4O3/c1-21-24(27-19-23(36)18-22-8-3-4-9-25(22)27)10-11-26-28(21)33-30(34-29(26)32-14-7-17-37-2)38-20-31-12-5-15-35(31)16-6-13-31/h3-4,8-11,18-19,36H,5-7,12-17,20H2,1-2H3,(H,32,33,34). The second-order valence-electron chi connectivity index (χ2n) is 10.7. The van der Waals surface area contributed by atoms with Gasteiger partial charge in [0.2, 0.25) is 0 Å². The van der Waals surface area contributed by atoms with Crippen molar-refractivity contribution in [3.8, 4) is 22.9 Å². The van der Waals surface area contributed by atoms with Crippen molar-refractivity contribution in [3.63, 3.8) is 0 Å². The number of hydrogen-bond donors (Lipinski definition) is 2. The van der Waals surface area contributed by atoms with Gasteiger partial charge in [-0.2, -0.15) is 9.97 Å². The van der Waals surface area contributed by atoms with Gasteiger partial charge in [-0.15, -0.1) is 0 Å². The number of fused-ring (bicyclic) bond motifs is 3. The molecule has 7 nitrogen and oxygen atoms in total. The van der Waals surface area contributed by atoms with Crippen LogP contribution in [0.4, 0.5) is 5.82 Å². The normalized spacial score (nSPS) is 16.8. The van der Waals surface area contributed by atoms with Gasteiger partial charge in [0, 0.05) is 25.6 Å². The number of nitrogens with zero attached hydrogens (tertiary/aromatic N) is 3. The van der Waals surface area contributed by atoms with E-state index in [9.17, 15) is 5.11 Å². The third-order valence-corrected chi connectivity index (χ3v) is 8.34. The molecule has 0 amide bonds. The number of benzene rings is 3. The lowest BCUT2D eigenvalue weighted by molar-refractivity contribution is 0.108. The Balaban J connectivity index is 1.41. The maximum absolute atomic E-state index is 10.5. The van der Waals surface area contributed by atoms with Crippen molar-refractivity contribution in [1.29, 1.82) is 0 Å². The topological polar surface area (TPSA) is 79.7 Å². The molecule has 198 valence electrons. The molecular weight excluding hydrogens is 476 g/mol. The van der Waals surface area contributed by atoms with Crippen molar-refractivity contribution in [2.75, 3.05) is 45.3 Å². The van der Waals surface area contributed by atoms with Crippen molar-refractivity contribution in [1.82, 2.24) is 14.9 Å². The number of rotatable bonds is 9. The van der Waals surface area contributed by atoms with E-state index in [0.717, 1.165) is 70.2 Å². The minimum atomic E-state index is 0.127. The molecule has 0 radical (unpaired) electrons. The summed E-state index contributed by atoms with van der Waals surface area (Å²) in [5, 5.41) is 17.0. The Morgan fingerprint density at radius 2 is 1.82 bits per heavy atom.